The molecule has 1 aliphatic carbocycles. The number of hydrogen-bond donors (Lipinski definition) is 1. The van der Waals surface area contributed by atoms with Crippen molar-refractivity contribution in [1.29, 1.82) is 0 Å². The molecule has 1 aliphatic rings. The van der Waals surface area contributed by atoms with Crippen molar-refractivity contribution >= 4 is 45.0 Å². The van der Waals surface area contributed by atoms with E-state index in [9.17, 15) is 18.0 Å². The molecule has 3 aromatic carbocycles. The quantitative estimate of drug-likeness (QED) is 0.231. The van der Waals surface area contributed by atoms with Crippen molar-refractivity contribution in [3.8, 4) is 0 Å². The molecule has 0 aliphatic heterocycles. The van der Waals surface area contributed by atoms with Crippen molar-refractivity contribution in [3.63, 3.8) is 0 Å². The molecule has 0 aromatic heterocycles. The number of nitrogens with zero attached hydrogens (tertiary/aromatic N) is 2. The van der Waals surface area contributed by atoms with E-state index in [4.69, 9.17) is 23.2 Å². The normalized spacial score (nSPS) is 14.8. The van der Waals surface area contributed by atoms with Crippen LogP contribution in [0.25, 0.3) is 0 Å². The van der Waals surface area contributed by atoms with E-state index in [0.717, 1.165) is 43.2 Å². The number of sulfonamides is 1. The van der Waals surface area contributed by atoms with Crippen LogP contribution in [0, 0.1) is 0 Å². The lowest BCUT2D eigenvalue weighted by Crippen LogP contribution is -2.52. The van der Waals surface area contributed by atoms with E-state index < -0.39 is 16.1 Å². The highest BCUT2D eigenvalue weighted by Crippen LogP contribution is 2.25. The highest BCUT2D eigenvalue weighted by molar-refractivity contribution is 7.89. The lowest BCUT2D eigenvalue weighted by Gasteiger charge is -2.33. The highest BCUT2D eigenvalue weighted by Gasteiger charge is 2.32. The third kappa shape index (κ3) is 9.29. The molecule has 230 valence electrons. The lowest BCUT2D eigenvalue weighted by atomic mass is 9.94. The molecule has 10 heteroatoms. The summed E-state index contributed by atoms with van der Waals surface area (Å²) in [4.78, 5) is 29.7. The fraction of sp³-hybridized carbons (Fsp3) is 0.394. The number of halogens is 2. The standard InChI is InChI=1S/C33H39Cl2N3O4S/c1-37(43(41,42)28-16-9-4-10-17-28)21-11-18-32(39)38(24-26-19-20-29(34)30(35)22-26)31(23-25-12-5-2-6-13-25)33(40)36-27-14-7-3-8-15-27/h2,4-6,9-10,12-13,16-17,19-20,22,27,31H,3,7-8,11,14-15,18,21,23-24H2,1H3,(H,36,40)/t31-/m1/s1. The smallest absolute Gasteiger partial charge is 0.243 e. The van der Waals surface area contributed by atoms with E-state index >= 15 is 0 Å². The van der Waals surface area contributed by atoms with E-state index in [-0.39, 0.29) is 42.3 Å². The molecule has 7 nitrogen and oxygen atoms in total. The Labute approximate surface area is 265 Å². The zero-order chi connectivity index (χ0) is 30.8. The van der Waals surface area contributed by atoms with Gasteiger partial charge in [-0.05, 0) is 54.7 Å². The van der Waals surface area contributed by atoms with Gasteiger partial charge in [-0.2, -0.15) is 0 Å². The summed E-state index contributed by atoms with van der Waals surface area (Å²) in [5, 5.41) is 4.00. The van der Waals surface area contributed by atoms with E-state index in [0.29, 0.717) is 22.9 Å². The summed E-state index contributed by atoms with van der Waals surface area (Å²) in [6.07, 6.45) is 5.85. The van der Waals surface area contributed by atoms with Crippen LogP contribution >= 0.6 is 23.2 Å². The molecule has 0 heterocycles. The molecule has 1 fully saturated rings. The third-order valence-corrected chi connectivity index (χ3v) is 10.5. The fourth-order valence-corrected chi connectivity index (χ4v) is 6.97. The predicted octanol–water partition coefficient (Wildman–Crippen LogP) is 6.48. The minimum atomic E-state index is -3.68. The number of hydrogen-bond acceptors (Lipinski definition) is 4. The van der Waals surface area contributed by atoms with Gasteiger partial charge in [0.2, 0.25) is 21.8 Å². The van der Waals surface area contributed by atoms with Crippen LogP contribution in [-0.4, -0.2) is 55.1 Å². The highest BCUT2D eigenvalue weighted by atomic mass is 35.5. The Kier molecular flexibility index (Phi) is 12.1. The first-order chi connectivity index (χ1) is 20.6. The molecule has 43 heavy (non-hydrogen) atoms. The molecule has 2 amide bonds. The maximum Gasteiger partial charge on any atom is 0.243 e. The molecule has 4 rings (SSSR count). The van der Waals surface area contributed by atoms with Crippen LogP contribution < -0.4 is 5.32 Å². The predicted molar refractivity (Wildman–Crippen MR) is 171 cm³/mol. The number of benzene rings is 3. The Morgan fingerprint density at radius 3 is 2.19 bits per heavy atom. The monoisotopic (exact) mass is 643 g/mol. The van der Waals surface area contributed by atoms with Gasteiger partial charge in [0.15, 0.2) is 0 Å². The molecule has 0 saturated heterocycles. The van der Waals surface area contributed by atoms with Crippen molar-refractivity contribution in [2.75, 3.05) is 13.6 Å². The first kappa shape index (κ1) is 33.0. The Balaban J connectivity index is 1.56. The van der Waals surface area contributed by atoms with Crippen LogP contribution in [0.15, 0.2) is 83.8 Å². The second-order valence-electron chi connectivity index (χ2n) is 11.1. The molecule has 1 N–H and O–H groups in total. The van der Waals surface area contributed by atoms with Crippen molar-refractivity contribution < 1.29 is 18.0 Å². The number of carbonyl (C=O) groups excluding carboxylic acids is 2. The van der Waals surface area contributed by atoms with Crippen LogP contribution in [0.3, 0.4) is 0 Å². The zero-order valence-electron chi connectivity index (χ0n) is 24.4. The van der Waals surface area contributed by atoms with Gasteiger partial charge in [-0.15, -0.1) is 0 Å². The van der Waals surface area contributed by atoms with Crippen molar-refractivity contribution in [2.45, 2.75) is 74.9 Å². The van der Waals surface area contributed by atoms with E-state index in [1.54, 1.807) is 53.4 Å². The number of carbonyl (C=O) groups is 2. The van der Waals surface area contributed by atoms with Gasteiger partial charge in [-0.3, -0.25) is 9.59 Å². The van der Waals surface area contributed by atoms with Crippen molar-refractivity contribution in [2.24, 2.45) is 0 Å². The van der Waals surface area contributed by atoms with Gasteiger partial charge in [0.05, 0.1) is 14.9 Å². The second kappa shape index (κ2) is 15.7. The summed E-state index contributed by atoms with van der Waals surface area (Å²) in [6.45, 7) is 0.310. The largest absolute Gasteiger partial charge is 0.352 e. The van der Waals surface area contributed by atoms with Crippen LogP contribution in [0.2, 0.25) is 10.0 Å². The average Bonchev–Trinajstić information content (AvgIpc) is 3.01. The number of rotatable bonds is 13. The fourth-order valence-electron chi connectivity index (χ4n) is 5.42. The molecule has 3 aromatic rings. The summed E-state index contributed by atoms with van der Waals surface area (Å²) in [6, 6.07) is 22.4. The third-order valence-electron chi connectivity index (χ3n) is 7.87. The van der Waals surface area contributed by atoms with Gasteiger partial charge < -0.3 is 10.2 Å². The molecule has 1 saturated carbocycles. The summed E-state index contributed by atoms with van der Waals surface area (Å²) < 4.78 is 27.2. The Bertz CT molecular complexity index is 1470. The molecule has 1 atom stereocenters. The molecule has 0 spiro atoms. The van der Waals surface area contributed by atoms with Gasteiger partial charge in [0, 0.05) is 39.0 Å². The van der Waals surface area contributed by atoms with Gasteiger partial charge in [0.1, 0.15) is 6.04 Å². The first-order valence-corrected chi connectivity index (χ1v) is 16.9. The molecule has 0 radical (unpaired) electrons. The Morgan fingerprint density at radius 2 is 1.53 bits per heavy atom. The van der Waals surface area contributed by atoms with Gasteiger partial charge in [-0.1, -0.05) is 97.1 Å². The Hall–Kier alpha value is -2.91. The van der Waals surface area contributed by atoms with Crippen LogP contribution in [0.1, 0.15) is 56.1 Å². The average molecular weight is 645 g/mol. The topological polar surface area (TPSA) is 86.8 Å². The van der Waals surface area contributed by atoms with Gasteiger partial charge in [-0.25, -0.2) is 12.7 Å². The summed E-state index contributed by atoms with van der Waals surface area (Å²) in [5.41, 5.74) is 1.68. The van der Waals surface area contributed by atoms with Gasteiger partial charge in [0.25, 0.3) is 0 Å². The maximum atomic E-state index is 13.9. The minimum Gasteiger partial charge on any atom is -0.352 e. The van der Waals surface area contributed by atoms with Crippen LogP contribution in [0.4, 0.5) is 0 Å². The lowest BCUT2D eigenvalue weighted by molar-refractivity contribution is -0.141. The van der Waals surface area contributed by atoms with Crippen LogP contribution in [-0.2, 0) is 32.6 Å². The Morgan fingerprint density at radius 1 is 0.884 bits per heavy atom. The van der Waals surface area contributed by atoms with Crippen molar-refractivity contribution in [3.05, 3.63) is 100 Å². The second-order valence-corrected chi connectivity index (χ2v) is 13.9. The van der Waals surface area contributed by atoms with Gasteiger partial charge >= 0.3 is 0 Å². The number of nitrogens with one attached hydrogen (secondary N) is 1. The summed E-state index contributed by atoms with van der Waals surface area (Å²) in [7, 11) is -2.17. The molecular formula is C33H39Cl2N3O4S. The van der Waals surface area contributed by atoms with Crippen molar-refractivity contribution in [1.82, 2.24) is 14.5 Å². The number of amides is 2. The molecule has 0 unspecified atom stereocenters. The first-order valence-electron chi connectivity index (χ1n) is 14.7. The van der Waals surface area contributed by atoms with E-state index in [1.165, 1.54) is 11.4 Å². The molecular weight excluding hydrogens is 605 g/mol. The van der Waals surface area contributed by atoms with E-state index in [1.807, 2.05) is 30.3 Å². The minimum absolute atomic E-state index is 0.0674. The van der Waals surface area contributed by atoms with Crippen LogP contribution in [0.5, 0.6) is 0 Å². The maximum absolute atomic E-state index is 13.9. The SMILES string of the molecule is CN(CCCC(=O)N(Cc1ccc(Cl)c(Cl)c1)[C@H](Cc1ccccc1)C(=O)NC1CCCCC1)S(=O)(=O)c1ccccc1. The summed E-state index contributed by atoms with van der Waals surface area (Å²) >= 11 is 12.5. The van der Waals surface area contributed by atoms with E-state index in [2.05, 4.69) is 5.32 Å². The zero-order valence-corrected chi connectivity index (χ0v) is 26.8. The summed E-state index contributed by atoms with van der Waals surface area (Å²) in [5.74, 6) is -0.427. The molecule has 0 bridgehead atoms.